The van der Waals surface area contributed by atoms with Crippen molar-refractivity contribution in [3.8, 4) is 0 Å². The van der Waals surface area contributed by atoms with Crippen LogP contribution in [0.2, 0.25) is 0 Å². The number of hydrogen-bond donors (Lipinski definition) is 3. The molecule has 5 nitrogen and oxygen atoms in total. The molecule has 0 aromatic heterocycles. The molecule has 1 aromatic rings. The summed E-state index contributed by atoms with van der Waals surface area (Å²) in [5.74, 6) is 0.817. The molecule has 0 heterocycles. The lowest BCUT2D eigenvalue weighted by atomic mass is 10.1. The van der Waals surface area contributed by atoms with E-state index in [1.807, 2.05) is 24.3 Å². The predicted molar refractivity (Wildman–Crippen MR) is 118 cm³/mol. The van der Waals surface area contributed by atoms with Crippen LogP contribution in [-0.4, -0.2) is 47.7 Å². The Morgan fingerprint density at radius 3 is 2.20 bits per heavy atom. The number of halogens is 1. The van der Waals surface area contributed by atoms with Crippen LogP contribution in [0.3, 0.4) is 0 Å². The molecule has 0 bridgehead atoms. The van der Waals surface area contributed by atoms with E-state index in [0.717, 1.165) is 36.7 Å². The van der Waals surface area contributed by atoms with Gasteiger partial charge in [-0.2, -0.15) is 0 Å². The van der Waals surface area contributed by atoms with Gasteiger partial charge in [0.1, 0.15) is 0 Å². The minimum atomic E-state index is 0. The molecule has 0 unspecified atom stereocenters. The van der Waals surface area contributed by atoms with Gasteiger partial charge in [-0.15, -0.1) is 24.0 Å². The molecule has 0 saturated heterocycles. The van der Waals surface area contributed by atoms with Crippen LogP contribution in [0, 0.1) is 0 Å². The van der Waals surface area contributed by atoms with Crippen molar-refractivity contribution in [1.29, 1.82) is 0 Å². The van der Waals surface area contributed by atoms with Crippen molar-refractivity contribution in [2.24, 2.45) is 4.99 Å². The van der Waals surface area contributed by atoms with E-state index in [1.54, 1.807) is 0 Å². The topological polar surface area (TPSA) is 59.9 Å². The lowest BCUT2D eigenvalue weighted by Crippen LogP contribution is -2.45. The van der Waals surface area contributed by atoms with Gasteiger partial charge >= 0.3 is 0 Å². The first-order chi connectivity index (χ1) is 11.5. The number of aliphatic imine (C=N–C) groups is 1. The number of aliphatic hydroxyl groups is 1. The van der Waals surface area contributed by atoms with Gasteiger partial charge in [0.15, 0.2) is 5.96 Å². The Bertz CT molecular complexity index is 498. The number of guanidine groups is 1. The zero-order valence-electron chi connectivity index (χ0n) is 16.2. The van der Waals surface area contributed by atoms with Crippen LogP contribution in [-0.2, 0) is 13.2 Å². The fourth-order valence-corrected chi connectivity index (χ4v) is 2.79. The molecule has 6 heteroatoms. The Labute approximate surface area is 170 Å². The molecule has 0 saturated carbocycles. The summed E-state index contributed by atoms with van der Waals surface area (Å²) in [6.07, 6.45) is 0. The van der Waals surface area contributed by atoms with Gasteiger partial charge in [0.05, 0.1) is 13.2 Å². The second kappa shape index (κ2) is 13.4. The smallest absolute Gasteiger partial charge is 0.191 e. The molecule has 25 heavy (non-hydrogen) atoms. The first kappa shape index (κ1) is 24.1. The van der Waals surface area contributed by atoms with Gasteiger partial charge in [0, 0.05) is 31.7 Å². The largest absolute Gasteiger partial charge is 0.392 e. The van der Waals surface area contributed by atoms with Crippen LogP contribution in [0.5, 0.6) is 0 Å². The number of nitrogens with zero attached hydrogens (tertiary/aromatic N) is 2. The van der Waals surface area contributed by atoms with E-state index >= 15 is 0 Å². The third-order valence-electron chi connectivity index (χ3n) is 4.03. The number of hydrogen-bond acceptors (Lipinski definition) is 3. The molecular formula is C19H35IN4O. The fraction of sp³-hybridized carbons (Fsp3) is 0.632. The molecule has 0 amide bonds. The van der Waals surface area contributed by atoms with Crippen molar-refractivity contribution in [3.05, 3.63) is 35.4 Å². The van der Waals surface area contributed by atoms with Crippen LogP contribution in [0.4, 0.5) is 0 Å². The minimum absolute atomic E-state index is 0. The van der Waals surface area contributed by atoms with Crippen molar-refractivity contribution in [2.75, 3.05) is 19.6 Å². The maximum Gasteiger partial charge on any atom is 0.191 e. The van der Waals surface area contributed by atoms with Crippen molar-refractivity contribution in [1.82, 2.24) is 15.5 Å². The number of nitrogens with one attached hydrogen (secondary N) is 2. The van der Waals surface area contributed by atoms with Gasteiger partial charge in [-0.3, -0.25) is 4.90 Å². The maximum absolute atomic E-state index is 9.41. The SMILES string of the molecule is CCNC(=NCc1ccccc1CO)NCCN(C(C)C)C(C)C.I. The van der Waals surface area contributed by atoms with E-state index in [9.17, 15) is 5.11 Å². The molecule has 0 aliphatic rings. The molecule has 0 radical (unpaired) electrons. The Morgan fingerprint density at radius 1 is 1.08 bits per heavy atom. The van der Waals surface area contributed by atoms with Gasteiger partial charge in [-0.05, 0) is 45.7 Å². The van der Waals surface area contributed by atoms with Gasteiger partial charge < -0.3 is 15.7 Å². The Kier molecular flexibility index (Phi) is 12.9. The molecule has 0 fully saturated rings. The first-order valence-corrected chi connectivity index (χ1v) is 8.95. The van der Waals surface area contributed by atoms with E-state index in [4.69, 9.17) is 0 Å². The van der Waals surface area contributed by atoms with Crippen LogP contribution in [0.25, 0.3) is 0 Å². The van der Waals surface area contributed by atoms with Crippen molar-refractivity contribution >= 4 is 29.9 Å². The van der Waals surface area contributed by atoms with Crippen LogP contribution in [0.15, 0.2) is 29.3 Å². The van der Waals surface area contributed by atoms with E-state index in [2.05, 4.69) is 55.1 Å². The lowest BCUT2D eigenvalue weighted by Gasteiger charge is -2.30. The number of benzene rings is 1. The van der Waals surface area contributed by atoms with Crippen molar-refractivity contribution in [3.63, 3.8) is 0 Å². The number of rotatable bonds is 9. The average Bonchev–Trinajstić information content (AvgIpc) is 2.55. The highest BCUT2D eigenvalue weighted by Crippen LogP contribution is 2.09. The summed E-state index contributed by atoms with van der Waals surface area (Å²) in [5.41, 5.74) is 1.99. The number of aliphatic hydroxyl groups excluding tert-OH is 1. The summed E-state index contributed by atoms with van der Waals surface area (Å²) in [5, 5.41) is 16.1. The van der Waals surface area contributed by atoms with Crippen LogP contribution < -0.4 is 10.6 Å². The first-order valence-electron chi connectivity index (χ1n) is 8.95. The van der Waals surface area contributed by atoms with E-state index < -0.39 is 0 Å². The standard InChI is InChI=1S/C19H34N4O.HI/c1-6-20-19(21-11-12-23(15(2)3)16(4)5)22-13-17-9-7-8-10-18(17)14-24;/h7-10,15-16,24H,6,11-14H2,1-5H3,(H2,20,21,22);1H. The van der Waals surface area contributed by atoms with E-state index in [0.29, 0.717) is 18.6 Å². The zero-order chi connectivity index (χ0) is 17.9. The fourth-order valence-electron chi connectivity index (χ4n) is 2.79. The third kappa shape index (κ3) is 8.87. The Balaban J connectivity index is 0.00000576. The summed E-state index contributed by atoms with van der Waals surface area (Å²) in [6, 6.07) is 8.93. The summed E-state index contributed by atoms with van der Waals surface area (Å²) in [7, 11) is 0. The molecule has 0 aliphatic carbocycles. The van der Waals surface area contributed by atoms with Crippen LogP contribution in [0.1, 0.15) is 45.7 Å². The summed E-state index contributed by atoms with van der Waals surface area (Å²) < 4.78 is 0. The van der Waals surface area contributed by atoms with Crippen LogP contribution >= 0.6 is 24.0 Å². The predicted octanol–water partition coefficient (Wildman–Crippen LogP) is 2.97. The molecule has 1 aromatic carbocycles. The van der Waals surface area contributed by atoms with E-state index in [-0.39, 0.29) is 30.6 Å². The van der Waals surface area contributed by atoms with Gasteiger partial charge in [0.25, 0.3) is 0 Å². The molecule has 144 valence electrons. The summed E-state index contributed by atoms with van der Waals surface area (Å²) >= 11 is 0. The summed E-state index contributed by atoms with van der Waals surface area (Å²) in [4.78, 5) is 7.10. The minimum Gasteiger partial charge on any atom is -0.392 e. The monoisotopic (exact) mass is 462 g/mol. The molecule has 0 aliphatic heterocycles. The van der Waals surface area contributed by atoms with Gasteiger partial charge in [-0.1, -0.05) is 24.3 Å². The molecule has 0 spiro atoms. The quantitative estimate of drug-likeness (QED) is 0.300. The van der Waals surface area contributed by atoms with Gasteiger partial charge in [-0.25, -0.2) is 4.99 Å². The second-order valence-corrected chi connectivity index (χ2v) is 6.47. The summed E-state index contributed by atoms with van der Waals surface area (Å²) in [6.45, 7) is 14.2. The molecule has 1 rings (SSSR count). The molecule has 3 N–H and O–H groups in total. The highest BCUT2D eigenvalue weighted by molar-refractivity contribution is 14.0. The maximum atomic E-state index is 9.41. The normalized spacial score (nSPS) is 11.8. The molecular weight excluding hydrogens is 427 g/mol. The van der Waals surface area contributed by atoms with E-state index in [1.165, 1.54) is 0 Å². The van der Waals surface area contributed by atoms with Crippen molar-refractivity contribution in [2.45, 2.75) is 59.9 Å². The highest BCUT2D eigenvalue weighted by atomic mass is 127. The highest BCUT2D eigenvalue weighted by Gasteiger charge is 2.12. The second-order valence-electron chi connectivity index (χ2n) is 6.47. The lowest BCUT2D eigenvalue weighted by molar-refractivity contribution is 0.178. The Morgan fingerprint density at radius 2 is 1.68 bits per heavy atom. The Hall–Kier alpha value is -0.860. The average molecular weight is 462 g/mol. The third-order valence-corrected chi connectivity index (χ3v) is 4.03. The van der Waals surface area contributed by atoms with Crippen molar-refractivity contribution < 1.29 is 5.11 Å². The zero-order valence-corrected chi connectivity index (χ0v) is 18.6. The van der Waals surface area contributed by atoms with Gasteiger partial charge in [0.2, 0.25) is 0 Å². The molecule has 0 atom stereocenters.